The molecule has 0 bridgehead atoms. The second kappa shape index (κ2) is 8.75. The molecule has 3 aromatic rings. The number of amides is 1. The van der Waals surface area contributed by atoms with Crippen molar-refractivity contribution in [3.8, 4) is 5.75 Å². The number of halogens is 1. The van der Waals surface area contributed by atoms with Crippen LogP contribution in [0.15, 0.2) is 71.6 Å². The maximum atomic E-state index is 13.4. The van der Waals surface area contributed by atoms with E-state index in [0.29, 0.717) is 15.6 Å². The van der Waals surface area contributed by atoms with Gasteiger partial charge in [-0.3, -0.25) is 14.9 Å². The lowest BCUT2D eigenvalue weighted by atomic mass is 10.1. The van der Waals surface area contributed by atoms with Gasteiger partial charge in [-0.15, -0.1) is 0 Å². The molecule has 0 aliphatic heterocycles. The first-order valence-corrected chi connectivity index (χ1v) is 10.7. The number of anilines is 1. The van der Waals surface area contributed by atoms with Gasteiger partial charge in [0.2, 0.25) is 0 Å². The first kappa shape index (κ1) is 22.3. The summed E-state index contributed by atoms with van der Waals surface area (Å²) < 4.78 is 32.5. The van der Waals surface area contributed by atoms with E-state index in [0.717, 1.165) is 6.07 Å². The van der Waals surface area contributed by atoms with E-state index in [9.17, 15) is 23.3 Å². The lowest BCUT2D eigenvalue weighted by Gasteiger charge is -2.23. The number of ether oxygens (including phenoxy) is 1. The molecule has 8 nitrogen and oxygen atoms in total. The Morgan fingerprint density at radius 1 is 1.06 bits per heavy atom. The zero-order valence-electron chi connectivity index (χ0n) is 16.5. The fraction of sp³-hybridized carbons (Fsp3) is 0.0952. The van der Waals surface area contributed by atoms with Gasteiger partial charge in [0, 0.05) is 17.2 Å². The number of methoxy groups -OCH3 is 1. The number of carbonyl (C=O) groups excluding carboxylic acids is 1. The summed E-state index contributed by atoms with van der Waals surface area (Å²) in [6.45, 7) is 1.52. The number of nitro benzene ring substituents is 1. The lowest BCUT2D eigenvalue weighted by Crippen LogP contribution is -2.37. The van der Waals surface area contributed by atoms with E-state index in [2.05, 4.69) is 0 Å². The summed E-state index contributed by atoms with van der Waals surface area (Å²) >= 11 is 6.16. The van der Waals surface area contributed by atoms with Gasteiger partial charge in [-0.1, -0.05) is 35.9 Å². The van der Waals surface area contributed by atoms with Crippen molar-refractivity contribution in [2.45, 2.75) is 11.8 Å². The SMILES string of the molecule is COc1ccc(N(C(=O)c2ccc(C)c([N+](=O)[O-])c2)S(=O)(=O)c2ccccc2)cc1Cl. The van der Waals surface area contributed by atoms with E-state index in [1.165, 1.54) is 68.6 Å². The highest BCUT2D eigenvalue weighted by Gasteiger charge is 2.33. The van der Waals surface area contributed by atoms with Crippen LogP contribution in [-0.2, 0) is 10.0 Å². The normalized spacial score (nSPS) is 11.1. The van der Waals surface area contributed by atoms with Crippen molar-refractivity contribution in [2.75, 3.05) is 11.4 Å². The van der Waals surface area contributed by atoms with Crippen molar-refractivity contribution >= 4 is 38.9 Å². The zero-order valence-corrected chi connectivity index (χ0v) is 18.1. The third kappa shape index (κ3) is 4.37. The summed E-state index contributed by atoms with van der Waals surface area (Å²) in [6, 6.07) is 15.2. The van der Waals surface area contributed by atoms with Crippen LogP contribution in [0, 0.1) is 17.0 Å². The molecule has 1 amide bonds. The maximum absolute atomic E-state index is 13.4. The molecular formula is C21H17ClN2O6S. The Morgan fingerprint density at radius 2 is 1.74 bits per heavy atom. The molecule has 0 aliphatic carbocycles. The number of benzene rings is 3. The molecule has 0 aromatic heterocycles. The van der Waals surface area contributed by atoms with Crippen LogP contribution in [0.2, 0.25) is 5.02 Å². The summed E-state index contributed by atoms with van der Waals surface area (Å²) in [4.78, 5) is 23.9. The fourth-order valence-electron chi connectivity index (χ4n) is 2.90. The number of rotatable bonds is 6. The molecule has 0 saturated carbocycles. The van der Waals surface area contributed by atoms with Gasteiger partial charge in [0.05, 0.1) is 27.6 Å². The van der Waals surface area contributed by atoms with Gasteiger partial charge < -0.3 is 4.74 Å². The summed E-state index contributed by atoms with van der Waals surface area (Å²) in [6.07, 6.45) is 0. The lowest BCUT2D eigenvalue weighted by molar-refractivity contribution is -0.385. The molecule has 0 spiro atoms. The van der Waals surface area contributed by atoms with Crippen molar-refractivity contribution in [1.29, 1.82) is 0 Å². The quantitative estimate of drug-likeness (QED) is 0.393. The van der Waals surface area contributed by atoms with E-state index < -0.39 is 20.9 Å². The Hall–Kier alpha value is -3.43. The minimum absolute atomic E-state index is 0.0390. The molecule has 0 heterocycles. The first-order chi connectivity index (χ1) is 14.7. The van der Waals surface area contributed by atoms with Crippen molar-refractivity contribution in [3.63, 3.8) is 0 Å². The third-order valence-corrected chi connectivity index (χ3v) is 6.51. The Balaban J connectivity index is 2.21. The number of nitrogens with zero attached hydrogens (tertiary/aromatic N) is 2. The monoisotopic (exact) mass is 460 g/mol. The van der Waals surface area contributed by atoms with E-state index in [1.54, 1.807) is 6.07 Å². The average Bonchev–Trinajstić information content (AvgIpc) is 2.74. The van der Waals surface area contributed by atoms with Crippen LogP contribution < -0.4 is 9.04 Å². The number of sulfonamides is 1. The number of hydrogen-bond donors (Lipinski definition) is 0. The van der Waals surface area contributed by atoms with Crippen LogP contribution >= 0.6 is 11.6 Å². The van der Waals surface area contributed by atoms with Gasteiger partial charge in [-0.2, -0.15) is 4.31 Å². The molecule has 0 unspecified atom stereocenters. The molecule has 0 saturated heterocycles. The van der Waals surface area contributed by atoms with Crippen molar-refractivity contribution in [3.05, 3.63) is 93.0 Å². The van der Waals surface area contributed by atoms with E-state index >= 15 is 0 Å². The highest BCUT2D eigenvalue weighted by Crippen LogP contribution is 2.33. The van der Waals surface area contributed by atoms with E-state index in [1.807, 2.05) is 0 Å². The van der Waals surface area contributed by atoms with Crippen LogP contribution in [0.5, 0.6) is 5.75 Å². The fourth-order valence-corrected chi connectivity index (χ4v) is 4.58. The molecule has 0 aliphatic rings. The summed E-state index contributed by atoms with van der Waals surface area (Å²) in [7, 11) is -2.97. The summed E-state index contributed by atoms with van der Waals surface area (Å²) in [5.41, 5.74) is -0.159. The Labute approximate surface area is 183 Å². The topological polar surface area (TPSA) is 107 Å². The summed E-state index contributed by atoms with van der Waals surface area (Å²) in [5, 5.41) is 11.4. The molecule has 0 atom stereocenters. The number of carbonyl (C=O) groups is 1. The third-order valence-electron chi connectivity index (χ3n) is 4.49. The van der Waals surface area contributed by atoms with Crippen LogP contribution in [-0.4, -0.2) is 26.4 Å². The molecule has 10 heteroatoms. The minimum atomic E-state index is -4.37. The standard InChI is InChI=1S/C21H17ClN2O6S/c1-14-8-9-15(12-19(14)24(26)27)21(25)23(16-10-11-20(30-2)18(22)13-16)31(28,29)17-6-4-3-5-7-17/h3-13H,1-2H3. The molecule has 160 valence electrons. The van der Waals surface area contributed by atoms with Crippen molar-refractivity contribution in [2.24, 2.45) is 0 Å². The highest BCUT2D eigenvalue weighted by atomic mass is 35.5. The van der Waals surface area contributed by atoms with Crippen molar-refractivity contribution in [1.82, 2.24) is 0 Å². The number of nitro groups is 1. The predicted molar refractivity (Wildman–Crippen MR) is 116 cm³/mol. The second-order valence-corrected chi connectivity index (χ2v) is 8.66. The molecule has 0 radical (unpaired) electrons. The smallest absolute Gasteiger partial charge is 0.273 e. The van der Waals surface area contributed by atoms with Gasteiger partial charge in [0.15, 0.2) is 0 Å². The Morgan fingerprint density at radius 3 is 2.32 bits per heavy atom. The molecular weight excluding hydrogens is 444 g/mol. The number of hydrogen-bond acceptors (Lipinski definition) is 6. The van der Waals surface area contributed by atoms with Crippen LogP contribution in [0.1, 0.15) is 15.9 Å². The van der Waals surface area contributed by atoms with Crippen LogP contribution in [0.3, 0.4) is 0 Å². The Kier molecular flexibility index (Phi) is 6.28. The van der Waals surface area contributed by atoms with Crippen LogP contribution in [0.4, 0.5) is 11.4 Å². The van der Waals surface area contributed by atoms with Gasteiger partial charge >= 0.3 is 0 Å². The second-order valence-electron chi connectivity index (χ2n) is 6.46. The molecule has 0 N–H and O–H groups in total. The van der Waals surface area contributed by atoms with Gasteiger partial charge in [-0.05, 0) is 43.3 Å². The minimum Gasteiger partial charge on any atom is -0.495 e. The highest BCUT2D eigenvalue weighted by molar-refractivity contribution is 7.93. The largest absolute Gasteiger partial charge is 0.495 e. The van der Waals surface area contributed by atoms with Gasteiger partial charge in [0.25, 0.3) is 21.6 Å². The van der Waals surface area contributed by atoms with E-state index in [4.69, 9.17) is 16.3 Å². The summed E-state index contributed by atoms with van der Waals surface area (Å²) in [5.74, 6) is -0.672. The average molecular weight is 461 g/mol. The maximum Gasteiger partial charge on any atom is 0.273 e. The van der Waals surface area contributed by atoms with Crippen LogP contribution in [0.25, 0.3) is 0 Å². The zero-order chi connectivity index (χ0) is 22.8. The number of aryl methyl sites for hydroxylation is 1. The van der Waals surface area contributed by atoms with Gasteiger partial charge in [0.1, 0.15) is 5.75 Å². The predicted octanol–water partition coefficient (Wildman–Crippen LogP) is 4.60. The molecule has 31 heavy (non-hydrogen) atoms. The molecule has 3 aromatic carbocycles. The van der Waals surface area contributed by atoms with Gasteiger partial charge in [-0.25, -0.2) is 8.42 Å². The first-order valence-electron chi connectivity index (χ1n) is 8.90. The van der Waals surface area contributed by atoms with Crippen molar-refractivity contribution < 1.29 is 22.9 Å². The Bertz CT molecular complexity index is 1260. The molecule has 3 rings (SSSR count). The molecule has 0 fully saturated rings. The van der Waals surface area contributed by atoms with E-state index in [-0.39, 0.29) is 26.9 Å².